The first-order chi connectivity index (χ1) is 7.07. The third-order valence-corrected chi connectivity index (χ3v) is 1.45. The Balaban J connectivity index is 0.000000262. The lowest BCUT2D eigenvalue weighted by Crippen LogP contribution is -2.05. The number of aliphatic hydroxyl groups excluding tert-OH is 1. The zero-order valence-electron chi connectivity index (χ0n) is 9.06. The Hall–Kier alpha value is -1.77. The van der Waals surface area contributed by atoms with Crippen LogP contribution in [0, 0.1) is 6.92 Å². The highest BCUT2D eigenvalue weighted by atomic mass is 16.5. The topological polar surface area (TPSA) is 46.5 Å². The maximum absolute atomic E-state index is 10.2. The highest BCUT2D eigenvalue weighted by Gasteiger charge is 2.01. The molecule has 0 saturated carbocycles. The van der Waals surface area contributed by atoms with E-state index in [1.54, 1.807) is 6.92 Å². The van der Waals surface area contributed by atoms with E-state index in [0.29, 0.717) is 0 Å². The van der Waals surface area contributed by atoms with Gasteiger partial charge in [0.25, 0.3) is 0 Å². The predicted octanol–water partition coefficient (Wildman–Crippen LogP) is 2.62. The van der Waals surface area contributed by atoms with Crippen molar-refractivity contribution in [1.29, 1.82) is 0 Å². The molecular weight excluding hydrogens is 192 g/mol. The molecule has 0 aliphatic heterocycles. The van der Waals surface area contributed by atoms with Crippen molar-refractivity contribution in [2.24, 2.45) is 0 Å². The van der Waals surface area contributed by atoms with Gasteiger partial charge in [-0.3, -0.25) is 0 Å². The molecule has 1 aromatic rings. The van der Waals surface area contributed by atoms with Crippen molar-refractivity contribution in [2.45, 2.75) is 13.8 Å². The first-order valence-corrected chi connectivity index (χ1v) is 4.64. The molecule has 0 unspecified atom stereocenters. The Morgan fingerprint density at radius 3 is 2.13 bits per heavy atom. The number of carbonyl (C=O) groups is 1. The van der Waals surface area contributed by atoms with Crippen LogP contribution in [0.15, 0.2) is 42.7 Å². The van der Waals surface area contributed by atoms with Crippen LogP contribution < -0.4 is 0 Å². The summed E-state index contributed by atoms with van der Waals surface area (Å²) in [6, 6.07) is 10.3. The van der Waals surface area contributed by atoms with Crippen molar-refractivity contribution in [3.63, 3.8) is 0 Å². The van der Waals surface area contributed by atoms with Crippen molar-refractivity contribution in [1.82, 2.24) is 0 Å². The number of hydrogen-bond acceptors (Lipinski definition) is 3. The number of aliphatic hydroxyl groups is 1. The van der Waals surface area contributed by atoms with Crippen LogP contribution in [0.4, 0.5) is 0 Å². The van der Waals surface area contributed by atoms with Gasteiger partial charge in [-0.05, 0) is 20.4 Å². The monoisotopic (exact) mass is 208 g/mol. The van der Waals surface area contributed by atoms with E-state index in [1.807, 2.05) is 18.2 Å². The first-order valence-electron chi connectivity index (χ1n) is 4.64. The van der Waals surface area contributed by atoms with Gasteiger partial charge >= 0.3 is 5.97 Å². The summed E-state index contributed by atoms with van der Waals surface area (Å²) in [5, 5.41) is 8.28. The molecule has 1 rings (SSSR count). The Morgan fingerprint density at radius 2 is 1.93 bits per heavy atom. The second-order valence-electron chi connectivity index (χ2n) is 2.82. The molecule has 3 heteroatoms. The molecule has 0 radical (unpaired) electrons. The van der Waals surface area contributed by atoms with E-state index in [4.69, 9.17) is 5.11 Å². The van der Waals surface area contributed by atoms with Crippen LogP contribution in [0.5, 0.6) is 0 Å². The number of aryl methyl sites for hydroxylation is 1. The molecule has 0 spiro atoms. The van der Waals surface area contributed by atoms with Crippen LogP contribution in [0.25, 0.3) is 0 Å². The molecule has 0 atom stereocenters. The number of carbonyl (C=O) groups excluding carboxylic acids is 1. The van der Waals surface area contributed by atoms with Gasteiger partial charge in [0.05, 0.1) is 6.61 Å². The van der Waals surface area contributed by atoms with Crippen LogP contribution in [-0.2, 0) is 9.53 Å². The van der Waals surface area contributed by atoms with E-state index in [-0.39, 0.29) is 6.61 Å². The molecule has 1 aromatic carbocycles. The highest BCUT2D eigenvalue weighted by molar-refractivity contribution is 5.84. The van der Waals surface area contributed by atoms with Gasteiger partial charge in [0.2, 0.25) is 0 Å². The molecule has 1 N–H and O–H groups in total. The Bertz CT molecular complexity index is 304. The summed E-state index contributed by atoms with van der Waals surface area (Å²) in [4.78, 5) is 10.2. The minimum Gasteiger partial charge on any atom is -0.502 e. The van der Waals surface area contributed by atoms with E-state index in [1.165, 1.54) is 5.56 Å². The number of esters is 1. The molecule has 15 heavy (non-hydrogen) atoms. The normalized spacial score (nSPS) is 8.40. The molecule has 0 amide bonds. The maximum atomic E-state index is 10.2. The summed E-state index contributed by atoms with van der Waals surface area (Å²) in [6.45, 7) is 6.95. The molecule has 0 saturated heterocycles. The third-order valence-electron chi connectivity index (χ3n) is 1.45. The Labute approximate surface area is 90.0 Å². The first kappa shape index (κ1) is 13.2. The second kappa shape index (κ2) is 7.62. The summed E-state index contributed by atoms with van der Waals surface area (Å²) in [6.07, 6.45) is 0. The largest absolute Gasteiger partial charge is 0.502 e. The summed E-state index contributed by atoms with van der Waals surface area (Å²) < 4.78 is 4.31. The van der Waals surface area contributed by atoms with Crippen molar-refractivity contribution >= 4 is 5.97 Å². The number of hydrogen-bond donors (Lipinski definition) is 1. The fraction of sp³-hybridized carbons (Fsp3) is 0.250. The Morgan fingerprint density at radius 1 is 1.40 bits per heavy atom. The summed E-state index contributed by atoms with van der Waals surface area (Å²) >= 11 is 0. The highest BCUT2D eigenvalue weighted by Crippen LogP contribution is 1.92. The smallest absolute Gasteiger partial charge is 0.372 e. The molecule has 0 bridgehead atoms. The molecule has 3 nitrogen and oxygen atoms in total. The van der Waals surface area contributed by atoms with Gasteiger partial charge in [-0.1, -0.05) is 35.9 Å². The van der Waals surface area contributed by atoms with E-state index in [0.717, 1.165) is 0 Å². The third kappa shape index (κ3) is 7.31. The maximum Gasteiger partial charge on any atom is 0.372 e. The number of rotatable bonds is 2. The molecule has 0 heterocycles. The van der Waals surface area contributed by atoms with Gasteiger partial charge in [-0.15, -0.1) is 0 Å². The van der Waals surface area contributed by atoms with E-state index in [9.17, 15) is 4.79 Å². The fourth-order valence-corrected chi connectivity index (χ4v) is 0.749. The summed E-state index contributed by atoms with van der Waals surface area (Å²) in [5.41, 5.74) is 1.32. The van der Waals surface area contributed by atoms with Crippen LogP contribution in [0.1, 0.15) is 12.5 Å². The lowest BCUT2D eigenvalue weighted by atomic mass is 10.2. The minimum absolute atomic E-state index is 0.262. The lowest BCUT2D eigenvalue weighted by molar-refractivity contribution is -0.141. The average molecular weight is 208 g/mol. The van der Waals surface area contributed by atoms with Gasteiger partial charge in [-0.2, -0.15) is 0 Å². The van der Waals surface area contributed by atoms with Gasteiger partial charge in [0.1, 0.15) is 0 Å². The number of ether oxygens (including phenoxy) is 1. The fourth-order valence-electron chi connectivity index (χ4n) is 0.749. The van der Waals surface area contributed by atoms with Crippen molar-refractivity contribution in [3.8, 4) is 0 Å². The van der Waals surface area contributed by atoms with Crippen LogP contribution >= 0.6 is 0 Å². The molecule has 0 aliphatic carbocycles. The van der Waals surface area contributed by atoms with Crippen molar-refractivity contribution in [3.05, 3.63) is 48.2 Å². The minimum atomic E-state index is -0.757. The molecule has 0 aromatic heterocycles. The lowest BCUT2D eigenvalue weighted by Gasteiger charge is -1.95. The number of benzene rings is 1. The van der Waals surface area contributed by atoms with Gasteiger partial charge in [0, 0.05) is 0 Å². The Kier molecular flexibility index (Phi) is 6.72. The van der Waals surface area contributed by atoms with Crippen LogP contribution in [-0.4, -0.2) is 17.7 Å². The van der Waals surface area contributed by atoms with Crippen molar-refractivity contribution in [2.75, 3.05) is 6.61 Å². The van der Waals surface area contributed by atoms with E-state index < -0.39 is 11.7 Å². The van der Waals surface area contributed by atoms with Gasteiger partial charge < -0.3 is 9.84 Å². The van der Waals surface area contributed by atoms with Gasteiger partial charge in [-0.25, -0.2) is 4.79 Å². The molecular formula is C12H16O3. The molecule has 82 valence electrons. The summed E-state index contributed by atoms with van der Waals surface area (Å²) in [7, 11) is 0. The van der Waals surface area contributed by atoms with Gasteiger partial charge in [0.15, 0.2) is 5.76 Å². The summed E-state index contributed by atoms with van der Waals surface area (Å²) in [5.74, 6) is -1.31. The zero-order chi connectivity index (χ0) is 11.7. The van der Waals surface area contributed by atoms with E-state index in [2.05, 4.69) is 30.4 Å². The second-order valence-corrected chi connectivity index (χ2v) is 2.82. The quantitative estimate of drug-likeness (QED) is 0.461. The van der Waals surface area contributed by atoms with Crippen LogP contribution in [0.2, 0.25) is 0 Å². The van der Waals surface area contributed by atoms with Crippen molar-refractivity contribution < 1.29 is 14.6 Å². The predicted molar refractivity (Wildman–Crippen MR) is 59.6 cm³/mol. The zero-order valence-corrected chi connectivity index (χ0v) is 9.06. The molecule has 0 aliphatic rings. The van der Waals surface area contributed by atoms with Crippen LogP contribution in [0.3, 0.4) is 0 Å². The standard InChI is InChI=1S/C7H8.C5H8O3/c1-7-5-3-2-4-6-7;1-3-8-5(7)4(2)6/h2-6H,1H3;6H,2-3H2,1H3. The average Bonchev–Trinajstić information content (AvgIpc) is 2.20. The molecule has 0 fully saturated rings. The van der Waals surface area contributed by atoms with E-state index >= 15 is 0 Å². The SMILES string of the molecule is C=C(O)C(=O)OCC.Cc1ccccc1.